The third-order valence-corrected chi connectivity index (χ3v) is 2.25. The van der Waals surface area contributed by atoms with Crippen LogP contribution in [-0.4, -0.2) is 15.2 Å². The maximum Gasteiger partial charge on any atom is 0.181 e. The van der Waals surface area contributed by atoms with E-state index in [0.717, 1.165) is 5.56 Å². The van der Waals surface area contributed by atoms with Crippen molar-refractivity contribution in [1.29, 1.82) is 0 Å². The van der Waals surface area contributed by atoms with Crippen LogP contribution in [0.25, 0.3) is 11.4 Å². The van der Waals surface area contributed by atoms with Gasteiger partial charge in [-0.05, 0) is 19.1 Å². The van der Waals surface area contributed by atoms with Crippen LogP contribution in [0.15, 0.2) is 24.3 Å². The summed E-state index contributed by atoms with van der Waals surface area (Å²) in [7, 11) is 0. The quantitative estimate of drug-likeness (QED) is 0.818. The van der Waals surface area contributed by atoms with Crippen LogP contribution >= 0.6 is 11.6 Å². The van der Waals surface area contributed by atoms with Crippen LogP contribution in [0.3, 0.4) is 0 Å². The van der Waals surface area contributed by atoms with E-state index in [1.807, 2.05) is 31.2 Å². The van der Waals surface area contributed by atoms with E-state index in [1.54, 1.807) is 0 Å². The van der Waals surface area contributed by atoms with Gasteiger partial charge in [-0.1, -0.05) is 23.7 Å². The molecule has 0 saturated carbocycles. The van der Waals surface area contributed by atoms with Crippen LogP contribution in [-0.2, 0) is 0 Å². The van der Waals surface area contributed by atoms with Gasteiger partial charge in [-0.2, -0.15) is 5.10 Å². The molecule has 0 spiro atoms. The molecule has 2 aromatic rings. The maximum absolute atomic E-state index is 5.87. The first-order valence-electron chi connectivity index (χ1n) is 4.60. The molecule has 1 aromatic carbocycles. The van der Waals surface area contributed by atoms with Crippen LogP contribution in [0.5, 0.6) is 0 Å². The molecule has 0 amide bonds. The zero-order chi connectivity index (χ0) is 10.8. The van der Waals surface area contributed by atoms with Crippen molar-refractivity contribution in [2.24, 2.45) is 5.73 Å². The standard InChI is InChI=1S/C10H11ClN4/c1-6(12)9-13-10(15-14-9)7-3-2-4-8(11)5-7/h2-6H,12H2,1H3,(H,13,14,15). The fourth-order valence-corrected chi connectivity index (χ4v) is 1.42. The lowest BCUT2D eigenvalue weighted by Crippen LogP contribution is -2.06. The highest BCUT2D eigenvalue weighted by molar-refractivity contribution is 6.30. The van der Waals surface area contributed by atoms with Crippen LogP contribution in [0.2, 0.25) is 5.02 Å². The number of H-pyrrole nitrogens is 1. The number of nitrogens with two attached hydrogens (primary N) is 1. The Balaban J connectivity index is 2.37. The highest BCUT2D eigenvalue weighted by Crippen LogP contribution is 2.19. The van der Waals surface area contributed by atoms with Crippen LogP contribution in [0.1, 0.15) is 18.8 Å². The third kappa shape index (κ3) is 2.16. The van der Waals surface area contributed by atoms with Crippen LogP contribution in [0, 0.1) is 0 Å². The lowest BCUT2D eigenvalue weighted by atomic mass is 10.2. The van der Waals surface area contributed by atoms with E-state index in [-0.39, 0.29) is 6.04 Å². The van der Waals surface area contributed by atoms with Crippen molar-refractivity contribution in [1.82, 2.24) is 15.2 Å². The van der Waals surface area contributed by atoms with Crippen molar-refractivity contribution in [3.8, 4) is 11.4 Å². The summed E-state index contributed by atoms with van der Waals surface area (Å²) in [5, 5.41) is 7.53. The Morgan fingerprint density at radius 3 is 2.87 bits per heavy atom. The smallest absolute Gasteiger partial charge is 0.181 e. The van der Waals surface area contributed by atoms with E-state index >= 15 is 0 Å². The lowest BCUT2D eigenvalue weighted by molar-refractivity contribution is 0.745. The van der Waals surface area contributed by atoms with Crippen molar-refractivity contribution >= 4 is 11.6 Å². The predicted octanol–water partition coefficient (Wildman–Crippen LogP) is 2.14. The SMILES string of the molecule is CC(N)c1nc(-c2cccc(Cl)c2)n[nH]1. The van der Waals surface area contributed by atoms with Gasteiger partial charge < -0.3 is 5.73 Å². The summed E-state index contributed by atoms with van der Waals surface area (Å²) in [6.07, 6.45) is 0. The molecule has 0 fully saturated rings. The van der Waals surface area contributed by atoms with E-state index in [2.05, 4.69) is 15.2 Å². The molecule has 78 valence electrons. The van der Waals surface area contributed by atoms with E-state index in [0.29, 0.717) is 16.7 Å². The van der Waals surface area contributed by atoms with E-state index in [4.69, 9.17) is 17.3 Å². The van der Waals surface area contributed by atoms with Crippen molar-refractivity contribution in [3.05, 3.63) is 35.1 Å². The first-order valence-corrected chi connectivity index (χ1v) is 4.98. The second kappa shape index (κ2) is 4.00. The Morgan fingerprint density at radius 2 is 2.27 bits per heavy atom. The molecule has 1 aromatic heterocycles. The zero-order valence-electron chi connectivity index (χ0n) is 8.24. The highest BCUT2D eigenvalue weighted by Gasteiger charge is 2.08. The molecule has 4 nitrogen and oxygen atoms in total. The van der Waals surface area contributed by atoms with Gasteiger partial charge in [0, 0.05) is 10.6 Å². The topological polar surface area (TPSA) is 67.6 Å². The summed E-state index contributed by atoms with van der Waals surface area (Å²) in [5.41, 5.74) is 6.56. The fourth-order valence-electron chi connectivity index (χ4n) is 1.23. The molecule has 0 aliphatic rings. The van der Waals surface area contributed by atoms with Crippen molar-refractivity contribution in [3.63, 3.8) is 0 Å². The minimum Gasteiger partial charge on any atom is -0.322 e. The van der Waals surface area contributed by atoms with Gasteiger partial charge in [0.05, 0.1) is 6.04 Å². The number of hydrogen-bond acceptors (Lipinski definition) is 3. The molecular formula is C10H11ClN4. The predicted molar refractivity (Wildman–Crippen MR) is 59.4 cm³/mol. The number of nitrogens with zero attached hydrogens (tertiary/aromatic N) is 2. The Hall–Kier alpha value is -1.39. The molecule has 0 aliphatic heterocycles. The molecule has 3 N–H and O–H groups in total. The Kier molecular flexibility index (Phi) is 2.70. The number of nitrogens with one attached hydrogen (secondary N) is 1. The normalized spacial score (nSPS) is 12.7. The minimum atomic E-state index is -0.148. The number of aromatic amines is 1. The second-order valence-electron chi connectivity index (χ2n) is 3.34. The molecule has 1 heterocycles. The number of halogens is 1. The third-order valence-electron chi connectivity index (χ3n) is 2.02. The van der Waals surface area contributed by atoms with Crippen LogP contribution < -0.4 is 5.73 Å². The summed E-state index contributed by atoms with van der Waals surface area (Å²) in [6, 6.07) is 7.24. The molecule has 15 heavy (non-hydrogen) atoms. The average Bonchev–Trinajstić information content (AvgIpc) is 2.66. The van der Waals surface area contributed by atoms with Crippen molar-refractivity contribution < 1.29 is 0 Å². The summed E-state index contributed by atoms with van der Waals surface area (Å²) >= 11 is 5.87. The molecular weight excluding hydrogens is 212 g/mol. The molecule has 0 saturated heterocycles. The molecule has 0 radical (unpaired) electrons. The summed E-state index contributed by atoms with van der Waals surface area (Å²) in [5.74, 6) is 1.29. The molecule has 5 heteroatoms. The Morgan fingerprint density at radius 1 is 1.47 bits per heavy atom. The Labute approximate surface area is 92.5 Å². The number of benzene rings is 1. The maximum atomic E-state index is 5.87. The molecule has 0 aliphatic carbocycles. The van der Waals surface area contributed by atoms with Gasteiger partial charge in [0.1, 0.15) is 5.82 Å². The van der Waals surface area contributed by atoms with E-state index in [9.17, 15) is 0 Å². The Bertz CT molecular complexity index is 464. The van der Waals surface area contributed by atoms with Gasteiger partial charge in [0.2, 0.25) is 0 Å². The summed E-state index contributed by atoms with van der Waals surface area (Å²) < 4.78 is 0. The zero-order valence-corrected chi connectivity index (χ0v) is 8.99. The molecule has 1 atom stereocenters. The fraction of sp³-hybridized carbons (Fsp3) is 0.200. The number of rotatable bonds is 2. The van der Waals surface area contributed by atoms with Gasteiger partial charge in [0.15, 0.2) is 5.82 Å². The summed E-state index contributed by atoms with van der Waals surface area (Å²) in [6.45, 7) is 1.85. The average molecular weight is 223 g/mol. The van der Waals surface area contributed by atoms with Gasteiger partial charge in [-0.3, -0.25) is 5.10 Å². The van der Waals surface area contributed by atoms with Gasteiger partial charge >= 0.3 is 0 Å². The highest BCUT2D eigenvalue weighted by atomic mass is 35.5. The first-order chi connectivity index (χ1) is 7.16. The van der Waals surface area contributed by atoms with E-state index < -0.39 is 0 Å². The molecule has 1 unspecified atom stereocenters. The largest absolute Gasteiger partial charge is 0.322 e. The molecule has 2 rings (SSSR count). The van der Waals surface area contributed by atoms with Gasteiger partial charge in [0.25, 0.3) is 0 Å². The second-order valence-corrected chi connectivity index (χ2v) is 3.78. The van der Waals surface area contributed by atoms with Crippen molar-refractivity contribution in [2.45, 2.75) is 13.0 Å². The lowest BCUT2D eigenvalue weighted by Gasteiger charge is -1.97. The van der Waals surface area contributed by atoms with Crippen LogP contribution in [0.4, 0.5) is 0 Å². The molecule has 0 bridgehead atoms. The van der Waals surface area contributed by atoms with Crippen molar-refractivity contribution in [2.75, 3.05) is 0 Å². The number of hydrogen-bond donors (Lipinski definition) is 2. The first kappa shape index (κ1) is 10.1. The van der Waals surface area contributed by atoms with Gasteiger partial charge in [-0.25, -0.2) is 4.98 Å². The monoisotopic (exact) mass is 222 g/mol. The van der Waals surface area contributed by atoms with E-state index in [1.165, 1.54) is 0 Å². The number of aromatic nitrogens is 3. The van der Waals surface area contributed by atoms with Gasteiger partial charge in [-0.15, -0.1) is 0 Å². The summed E-state index contributed by atoms with van der Waals surface area (Å²) in [4.78, 5) is 4.27. The minimum absolute atomic E-state index is 0.148.